The molecule has 0 spiro atoms. The Morgan fingerprint density at radius 3 is 2.93 bits per heavy atom. The fraction of sp³-hybridized carbons (Fsp3) is 0.261. The van der Waals surface area contributed by atoms with Gasteiger partial charge in [-0.1, -0.05) is 43.0 Å². The quantitative estimate of drug-likeness (QED) is 0.607. The lowest BCUT2D eigenvalue weighted by Crippen LogP contribution is -2.36. The number of hydrogen-bond acceptors (Lipinski definition) is 4. The third kappa shape index (κ3) is 3.61. The van der Waals surface area contributed by atoms with Crippen LogP contribution in [0.15, 0.2) is 53.6 Å². The number of carbonyl (C=O) groups is 1. The topological polar surface area (TPSA) is 57.0 Å². The lowest BCUT2D eigenvalue weighted by Gasteiger charge is -2.29. The lowest BCUT2D eigenvalue weighted by atomic mass is 10.0. The number of thioether (sulfide) groups is 1. The average molecular weight is 388 g/mol. The number of anilines is 1. The van der Waals surface area contributed by atoms with Gasteiger partial charge in [0.05, 0.1) is 16.8 Å². The Labute approximate surface area is 169 Å². The molecule has 3 aromatic rings. The molecule has 2 aromatic carbocycles. The van der Waals surface area contributed by atoms with E-state index in [9.17, 15) is 10.1 Å². The summed E-state index contributed by atoms with van der Waals surface area (Å²) in [6.07, 6.45) is 2.93. The van der Waals surface area contributed by atoms with E-state index in [0.29, 0.717) is 10.6 Å². The summed E-state index contributed by atoms with van der Waals surface area (Å²) in [6, 6.07) is 18.3. The summed E-state index contributed by atoms with van der Waals surface area (Å²) in [4.78, 5) is 19.4. The summed E-state index contributed by atoms with van der Waals surface area (Å²) >= 11 is 1.35. The van der Waals surface area contributed by atoms with Gasteiger partial charge >= 0.3 is 0 Å². The highest BCUT2D eigenvalue weighted by Crippen LogP contribution is 2.29. The third-order valence-electron chi connectivity index (χ3n) is 5.12. The molecule has 1 aromatic heterocycles. The number of pyridine rings is 1. The molecule has 0 bridgehead atoms. The van der Waals surface area contributed by atoms with E-state index in [2.05, 4.69) is 36.2 Å². The Balaban J connectivity index is 1.56. The van der Waals surface area contributed by atoms with Gasteiger partial charge in [-0.3, -0.25) is 4.79 Å². The molecule has 1 amide bonds. The first-order valence-corrected chi connectivity index (χ1v) is 10.5. The number of nitriles is 1. The van der Waals surface area contributed by atoms with Crippen LogP contribution in [0.2, 0.25) is 0 Å². The first-order valence-electron chi connectivity index (χ1n) is 9.54. The highest BCUT2D eigenvalue weighted by Gasteiger charge is 2.22. The fourth-order valence-corrected chi connectivity index (χ4v) is 4.46. The summed E-state index contributed by atoms with van der Waals surface area (Å²) in [5.41, 5.74) is 4.84. The highest BCUT2D eigenvalue weighted by molar-refractivity contribution is 8.00. The molecule has 0 saturated carbocycles. The van der Waals surface area contributed by atoms with Crippen molar-refractivity contribution in [3.05, 3.63) is 65.2 Å². The van der Waals surface area contributed by atoms with Crippen LogP contribution in [0.1, 0.15) is 30.0 Å². The molecule has 140 valence electrons. The predicted octanol–water partition coefficient (Wildman–Crippen LogP) is 4.74. The second-order valence-electron chi connectivity index (χ2n) is 6.90. The van der Waals surface area contributed by atoms with Crippen molar-refractivity contribution in [1.29, 1.82) is 5.26 Å². The van der Waals surface area contributed by atoms with Gasteiger partial charge in [0.25, 0.3) is 0 Å². The van der Waals surface area contributed by atoms with Crippen LogP contribution in [0.4, 0.5) is 5.69 Å². The summed E-state index contributed by atoms with van der Waals surface area (Å²) in [6.45, 7) is 2.85. The van der Waals surface area contributed by atoms with E-state index in [4.69, 9.17) is 0 Å². The molecule has 4 nitrogen and oxygen atoms in total. The van der Waals surface area contributed by atoms with Crippen LogP contribution in [0, 0.1) is 11.3 Å². The molecule has 0 fully saturated rings. The SMILES string of the molecule is CCc1ccc2nc(SCC(=O)N3CCCc4ccccc43)c(C#N)cc2c1. The monoisotopic (exact) mass is 387 g/mol. The van der Waals surface area contributed by atoms with Crippen molar-refractivity contribution in [3.63, 3.8) is 0 Å². The molecule has 0 saturated heterocycles. The molecule has 2 heterocycles. The molecule has 28 heavy (non-hydrogen) atoms. The standard InChI is InChI=1S/C23H21N3OS/c1-2-16-9-10-20-18(12-16)13-19(14-24)23(25-20)28-15-22(27)26-11-5-7-17-6-3-4-8-21(17)26/h3-4,6,8-10,12-13H,2,5,7,11,15H2,1H3. The van der Waals surface area contributed by atoms with Crippen LogP contribution in [0.3, 0.4) is 0 Å². The van der Waals surface area contributed by atoms with Crippen LogP contribution in [-0.2, 0) is 17.6 Å². The Hall–Kier alpha value is -2.84. The second kappa shape index (κ2) is 8.04. The van der Waals surface area contributed by atoms with Crippen LogP contribution in [0.25, 0.3) is 10.9 Å². The number of aromatic nitrogens is 1. The molecule has 0 aliphatic carbocycles. The second-order valence-corrected chi connectivity index (χ2v) is 7.86. The van der Waals surface area contributed by atoms with E-state index in [-0.39, 0.29) is 11.7 Å². The van der Waals surface area contributed by atoms with Crippen molar-refractivity contribution in [3.8, 4) is 6.07 Å². The highest BCUT2D eigenvalue weighted by atomic mass is 32.2. The van der Waals surface area contributed by atoms with Crippen LogP contribution in [0.5, 0.6) is 0 Å². The van der Waals surface area contributed by atoms with Crippen molar-refractivity contribution >= 4 is 34.3 Å². The minimum atomic E-state index is 0.0595. The van der Waals surface area contributed by atoms with E-state index < -0.39 is 0 Å². The van der Waals surface area contributed by atoms with E-state index in [1.165, 1.54) is 22.9 Å². The largest absolute Gasteiger partial charge is 0.311 e. The minimum Gasteiger partial charge on any atom is -0.311 e. The van der Waals surface area contributed by atoms with Gasteiger partial charge in [0.1, 0.15) is 11.1 Å². The molecule has 0 N–H and O–H groups in total. The van der Waals surface area contributed by atoms with Crippen molar-refractivity contribution in [2.45, 2.75) is 31.2 Å². The molecular formula is C23H21N3OS. The molecule has 4 rings (SSSR count). The number of rotatable bonds is 4. The fourth-order valence-electron chi connectivity index (χ4n) is 3.62. The number of carbonyl (C=O) groups excluding carboxylic acids is 1. The van der Waals surface area contributed by atoms with E-state index in [0.717, 1.165) is 42.4 Å². The lowest BCUT2D eigenvalue weighted by molar-refractivity contribution is -0.116. The summed E-state index contributed by atoms with van der Waals surface area (Å²) < 4.78 is 0. The van der Waals surface area contributed by atoms with Gasteiger partial charge in [-0.05, 0) is 54.7 Å². The average Bonchev–Trinajstić information content (AvgIpc) is 2.75. The number of para-hydroxylation sites is 1. The van der Waals surface area contributed by atoms with Crippen LogP contribution < -0.4 is 4.90 Å². The van der Waals surface area contributed by atoms with Gasteiger partial charge in [-0.15, -0.1) is 0 Å². The van der Waals surface area contributed by atoms with Crippen LogP contribution >= 0.6 is 11.8 Å². The summed E-state index contributed by atoms with van der Waals surface area (Å²) in [5.74, 6) is 0.332. The zero-order valence-electron chi connectivity index (χ0n) is 15.8. The van der Waals surface area contributed by atoms with Gasteiger partial charge < -0.3 is 4.90 Å². The molecular weight excluding hydrogens is 366 g/mol. The number of aryl methyl sites for hydroxylation is 2. The van der Waals surface area contributed by atoms with Crippen molar-refractivity contribution in [2.75, 3.05) is 17.2 Å². The number of hydrogen-bond donors (Lipinski definition) is 0. The number of amides is 1. The zero-order chi connectivity index (χ0) is 19.5. The van der Waals surface area contributed by atoms with Gasteiger partial charge in [-0.25, -0.2) is 4.98 Å². The Kier molecular flexibility index (Phi) is 5.31. The van der Waals surface area contributed by atoms with Gasteiger partial charge in [0.2, 0.25) is 5.91 Å². The zero-order valence-corrected chi connectivity index (χ0v) is 16.6. The Morgan fingerprint density at radius 2 is 2.11 bits per heavy atom. The minimum absolute atomic E-state index is 0.0595. The van der Waals surface area contributed by atoms with E-state index >= 15 is 0 Å². The van der Waals surface area contributed by atoms with Gasteiger partial charge in [-0.2, -0.15) is 5.26 Å². The van der Waals surface area contributed by atoms with E-state index in [1.807, 2.05) is 35.2 Å². The van der Waals surface area contributed by atoms with E-state index in [1.54, 1.807) is 0 Å². The molecule has 5 heteroatoms. The molecule has 0 unspecified atom stereocenters. The number of fused-ring (bicyclic) bond motifs is 2. The number of nitrogens with zero attached hydrogens (tertiary/aromatic N) is 3. The van der Waals surface area contributed by atoms with Gasteiger partial charge in [0.15, 0.2) is 0 Å². The molecule has 1 aliphatic heterocycles. The smallest absolute Gasteiger partial charge is 0.237 e. The Morgan fingerprint density at radius 1 is 1.25 bits per heavy atom. The summed E-state index contributed by atoms with van der Waals surface area (Å²) in [7, 11) is 0. The van der Waals surface area contributed by atoms with Crippen LogP contribution in [-0.4, -0.2) is 23.2 Å². The summed E-state index contributed by atoms with van der Waals surface area (Å²) in [5, 5.41) is 11.1. The Bertz CT molecular complexity index is 1090. The normalized spacial score (nSPS) is 13.2. The van der Waals surface area contributed by atoms with Crippen molar-refractivity contribution in [2.24, 2.45) is 0 Å². The maximum Gasteiger partial charge on any atom is 0.237 e. The molecule has 0 atom stereocenters. The third-order valence-corrected chi connectivity index (χ3v) is 6.09. The first-order chi connectivity index (χ1) is 13.7. The molecule has 1 aliphatic rings. The predicted molar refractivity (Wildman–Crippen MR) is 114 cm³/mol. The molecule has 0 radical (unpaired) electrons. The maximum absolute atomic E-state index is 12.9. The first kappa shape index (κ1) is 18.5. The van der Waals surface area contributed by atoms with Crippen molar-refractivity contribution < 1.29 is 4.79 Å². The maximum atomic E-state index is 12.9. The van der Waals surface area contributed by atoms with Crippen molar-refractivity contribution in [1.82, 2.24) is 4.98 Å². The van der Waals surface area contributed by atoms with Gasteiger partial charge in [0, 0.05) is 17.6 Å². The number of benzene rings is 2.